The van der Waals surface area contributed by atoms with Crippen LogP contribution in [0.4, 0.5) is 0 Å². The molecule has 24 heavy (non-hydrogen) atoms. The van der Waals surface area contributed by atoms with E-state index in [0.717, 1.165) is 36.1 Å². The van der Waals surface area contributed by atoms with Crippen molar-refractivity contribution in [2.75, 3.05) is 26.3 Å². The molecule has 2 aromatic rings. The summed E-state index contributed by atoms with van der Waals surface area (Å²) < 4.78 is 10.8. The molecule has 1 amide bonds. The van der Waals surface area contributed by atoms with Crippen molar-refractivity contribution in [3.8, 4) is 17.0 Å². The number of hydrogen-bond donors (Lipinski definition) is 1. The van der Waals surface area contributed by atoms with Crippen LogP contribution in [-0.4, -0.2) is 47.4 Å². The lowest BCUT2D eigenvalue weighted by atomic mass is 10.1. The van der Waals surface area contributed by atoms with Gasteiger partial charge in [0.05, 0.1) is 13.2 Å². The van der Waals surface area contributed by atoms with E-state index in [1.165, 1.54) is 0 Å². The van der Waals surface area contributed by atoms with Gasteiger partial charge in [-0.05, 0) is 30.2 Å². The molecule has 0 atom stereocenters. The van der Waals surface area contributed by atoms with Crippen molar-refractivity contribution in [2.45, 2.75) is 26.2 Å². The van der Waals surface area contributed by atoms with Crippen molar-refractivity contribution in [1.29, 1.82) is 0 Å². The van der Waals surface area contributed by atoms with Crippen molar-refractivity contribution in [3.63, 3.8) is 0 Å². The molecule has 1 aliphatic rings. The fraction of sp³-hybridized carbons (Fsp3) is 0.444. The number of fused-ring (bicyclic) bond motifs is 1. The minimum absolute atomic E-state index is 0.0682. The molecule has 0 saturated heterocycles. The maximum Gasteiger partial charge on any atom is 0.292 e. The van der Waals surface area contributed by atoms with E-state index in [1.807, 2.05) is 18.2 Å². The average Bonchev–Trinajstić information content (AvgIpc) is 3.26. The van der Waals surface area contributed by atoms with E-state index in [0.29, 0.717) is 25.4 Å². The van der Waals surface area contributed by atoms with Gasteiger partial charge in [0.2, 0.25) is 5.76 Å². The first kappa shape index (κ1) is 16.5. The van der Waals surface area contributed by atoms with Gasteiger partial charge in [-0.1, -0.05) is 18.5 Å². The molecular weight excluding hydrogens is 308 g/mol. The normalized spacial score (nSPS) is 12.8. The Morgan fingerprint density at radius 3 is 3.00 bits per heavy atom. The van der Waals surface area contributed by atoms with E-state index >= 15 is 0 Å². The zero-order valence-electron chi connectivity index (χ0n) is 13.8. The van der Waals surface area contributed by atoms with Crippen LogP contribution >= 0.6 is 0 Å². The lowest BCUT2D eigenvalue weighted by Gasteiger charge is -2.19. The van der Waals surface area contributed by atoms with Crippen LogP contribution in [-0.2, 0) is 6.42 Å². The summed E-state index contributed by atoms with van der Waals surface area (Å²) in [5.41, 5.74) is 2.69. The number of amides is 1. The Hall–Kier alpha value is -2.34. The molecule has 1 N–H and O–H groups in total. The van der Waals surface area contributed by atoms with Gasteiger partial charge in [-0.25, -0.2) is 0 Å². The maximum absolute atomic E-state index is 12.5. The average molecular weight is 330 g/mol. The van der Waals surface area contributed by atoms with Crippen molar-refractivity contribution in [3.05, 3.63) is 35.6 Å². The highest BCUT2D eigenvalue weighted by molar-refractivity contribution is 5.92. The quantitative estimate of drug-likeness (QED) is 0.844. The Morgan fingerprint density at radius 2 is 2.21 bits per heavy atom. The van der Waals surface area contributed by atoms with Gasteiger partial charge in [-0.2, -0.15) is 0 Å². The molecule has 0 bridgehead atoms. The van der Waals surface area contributed by atoms with Gasteiger partial charge in [-0.15, -0.1) is 0 Å². The second-order valence-electron chi connectivity index (χ2n) is 5.87. The molecule has 2 heterocycles. The molecule has 0 fully saturated rings. The second kappa shape index (κ2) is 7.49. The van der Waals surface area contributed by atoms with E-state index in [4.69, 9.17) is 14.4 Å². The molecule has 128 valence electrons. The molecular formula is C18H22N2O4. The van der Waals surface area contributed by atoms with Crippen LogP contribution < -0.4 is 4.74 Å². The van der Waals surface area contributed by atoms with Crippen molar-refractivity contribution in [2.24, 2.45) is 0 Å². The Kier molecular flexibility index (Phi) is 5.15. The predicted molar refractivity (Wildman–Crippen MR) is 89.0 cm³/mol. The number of unbranched alkanes of at least 4 members (excludes halogenated alkanes) is 1. The smallest absolute Gasteiger partial charge is 0.292 e. The number of aliphatic hydroxyl groups is 1. The van der Waals surface area contributed by atoms with Crippen molar-refractivity contribution in [1.82, 2.24) is 10.1 Å². The largest absolute Gasteiger partial charge is 0.493 e. The van der Waals surface area contributed by atoms with E-state index in [9.17, 15) is 4.79 Å². The molecule has 0 unspecified atom stereocenters. The van der Waals surface area contributed by atoms with Crippen LogP contribution in [0, 0.1) is 0 Å². The Labute approximate surface area is 141 Å². The summed E-state index contributed by atoms with van der Waals surface area (Å²) in [6, 6.07) is 7.53. The topological polar surface area (TPSA) is 75.8 Å². The zero-order chi connectivity index (χ0) is 16.9. The second-order valence-corrected chi connectivity index (χ2v) is 5.87. The van der Waals surface area contributed by atoms with E-state index in [2.05, 4.69) is 12.1 Å². The summed E-state index contributed by atoms with van der Waals surface area (Å²) in [7, 11) is 0. The third kappa shape index (κ3) is 3.43. The highest BCUT2D eigenvalue weighted by Crippen LogP contribution is 2.30. The molecule has 6 heteroatoms. The van der Waals surface area contributed by atoms with Gasteiger partial charge in [0.15, 0.2) is 0 Å². The molecule has 6 nitrogen and oxygen atoms in total. The van der Waals surface area contributed by atoms with Crippen molar-refractivity contribution < 1.29 is 19.2 Å². The number of hydrogen-bond acceptors (Lipinski definition) is 5. The first-order valence-corrected chi connectivity index (χ1v) is 8.36. The fourth-order valence-corrected chi connectivity index (χ4v) is 2.80. The molecule has 0 saturated carbocycles. The number of aromatic nitrogens is 1. The van der Waals surface area contributed by atoms with Gasteiger partial charge >= 0.3 is 0 Å². The predicted octanol–water partition coefficient (Wildman–Crippen LogP) is 2.51. The zero-order valence-corrected chi connectivity index (χ0v) is 13.8. The molecule has 3 rings (SSSR count). The van der Waals surface area contributed by atoms with Crippen LogP contribution in [0.1, 0.15) is 35.9 Å². The number of aliphatic hydroxyl groups excluding tert-OH is 1. The van der Waals surface area contributed by atoms with Crippen LogP contribution in [0.15, 0.2) is 28.8 Å². The summed E-state index contributed by atoms with van der Waals surface area (Å²) in [5, 5.41) is 13.2. The van der Waals surface area contributed by atoms with Crippen molar-refractivity contribution >= 4 is 5.91 Å². The standard InChI is InChI=1S/C18H22N2O4/c1-2-3-7-20(8-9-21)18(22)17-12-15(19-24-17)13-4-5-16-14(11-13)6-10-23-16/h4-5,11-12,21H,2-3,6-10H2,1H3. The highest BCUT2D eigenvalue weighted by Gasteiger charge is 2.21. The molecule has 1 aromatic carbocycles. The van der Waals surface area contributed by atoms with Gasteiger partial charge in [-0.3, -0.25) is 4.79 Å². The number of rotatable bonds is 7. The van der Waals surface area contributed by atoms with Gasteiger partial charge in [0, 0.05) is 31.1 Å². The number of nitrogens with zero attached hydrogens (tertiary/aromatic N) is 2. The molecule has 0 spiro atoms. The van der Waals surface area contributed by atoms with Crippen LogP contribution in [0.5, 0.6) is 5.75 Å². The Balaban J connectivity index is 1.77. The summed E-state index contributed by atoms with van der Waals surface area (Å²) in [5.74, 6) is 0.874. The van der Waals surface area contributed by atoms with Crippen LogP contribution in [0.3, 0.4) is 0 Å². The van der Waals surface area contributed by atoms with Gasteiger partial charge < -0.3 is 19.3 Å². The summed E-state index contributed by atoms with van der Waals surface area (Å²) in [4.78, 5) is 14.1. The summed E-state index contributed by atoms with van der Waals surface area (Å²) >= 11 is 0. The molecule has 0 aliphatic carbocycles. The van der Waals surface area contributed by atoms with E-state index in [1.54, 1.807) is 11.0 Å². The summed E-state index contributed by atoms with van der Waals surface area (Å²) in [6.45, 7) is 3.59. The van der Waals surface area contributed by atoms with Crippen LogP contribution in [0.25, 0.3) is 11.3 Å². The van der Waals surface area contributed by atoms with Gasteiger partial charge in [0.1, 0.15) is 11.4 Å². The minimum Gasteiger partial charge on any atom is -0.493 e. The summed E-state index contributed by atoms with van der Waals surface area (Å²) in [6.07, 6.45) is 2.75. The Bertz CT molecular complexity index is 711. The fourth-order valence-electron chi connectivity index (χ4n) is 2.80. The molecule has 0 radical (unpaired) electrons. The third-order valence-electron chi connectivity index (χ3n) is 4.14. The molecule has 1 aliphatic heterocycles. The lowest BCUT2D eigenvalue weighted by molar-refractivity contribution is 0.0678. The number of carbonyl (C=O) groups excluding carboxylic acids is 1. The van der Waals surface area contributed by atoms with Gasteiger partial charge in [0.25, 0.3) is 5.91 Å². The Morgan fingerprint density at radius 1 is 1.33 bits per heavy atom. The van der Waals surface area contributed by atoms with E-state index in [-0.39, 0.29) is 18.3 Å². The lowest BCUT2D eigenvalue weighted by Crippen LogP contribution is -2.34. The third-order valence-corrected chi connectivity index (χ3v) is 4.14. The number of benzene rings is 1. The maximum atomic E-state index is 12.5. The van der Waals surface area contributed by atoms with E-state index < -0.39 is 0 Å². The molecule has 1 aromatic heterocycles. The first-order chi connectivity index (χ1) is 11.7. The SMILES string of the molecule is CCCCN(CCO)C(=O)c1cc(-c2ccc3c(c2)CCO3)no1. The first-order valence-electron chi connectivity index (χ1n) is 8.36. The number of carbonyl (C=O) groups is 1. The highest BCUT2D eigenvalue weighted by atomic mass is 16.5. The number of ether oxygens (including phenoxy) is 1. The van der Waals surface area contributed by atoms with Crippen LogP contribution in [0.2, 0.25) is 0 Å². The minimum atomic E-state index is -0.235. The monoisotopic (exact) mass is 330 g/mol.